The minimum Gasteiger partial charge on any atom is -0.305 e. The summed E-state index contributed by atoms with van der Waals surface area (Å²) in [6.07, 6.45) is 6.41. The molecule has 0 atom stereocenters. The number of H-pyrrole nitrogens is 1. The molecule has 0 unspecified atom stereocenters. The van der Waals surface area contributed by atoms with Gasteiger partial charge in [-0.3, -0.25) is 14.5 Å². The summed E-state index contributed by atoms with van der Waals surface area (Å²) in [5.41, 5.74) is 1.98. The van der Waals surface area contributed by atoms with Crippen LogP contribution in [-0.2, 0) is 0 Å². The van der Waals surface area contributed by atoms with Crippen molar-refractivity contribution in [3.8, 4) is 17.1 Å². The normalized spacial score (nSPS) is 10.6. The van der Waals surface area contributed by atoms with E-state index in [-0.39, 0.29) is 5.91 Å². The molecule has 25 heavy (non-hydrogen) atoms. The highest BCUT2D eigenvalue weighted by molar-refractivity contribution is 6.03. The summed E-state index contributed by atoms with van der Waals surface area (Å²) in [5.74, 6) is 0.668. The number of imidazole rings is 1. The molecule has 122 valence electrons. The van der Waals surface area contributed by atoms with Gasteiger partial charge in [-0.15, -0.1) is 0 Å². The molecule has 0 aliphatic carbocycles. The first-order valence-corrected chi connectivity index (χ1v) is 7.52. The highest BCUT2D eigenvalue weighted by Crippen LogP contribution is 2.17. The van der Waals surface area contributed by atoms with E-state index in [1.54, 1.807) is 35.4 Å². The average Bonchev–Trinajstić information content (AvgIpc) is 3.35. The van der Waals surface area contributed by atoms with Gasteiger partial charge in [-0.25, -0.2) is 15.0 Å². The van der Waals surface area contributed by atoms with Crippen molar-refractivity contribution in [2.75, 3.05) is 5.32 Å². The van der Waals surface area contributed by atoms with E-state index in [1.165, 1.54) is 6.33 Å². The molecule has 0 aliphatic heterocycles. The first kappa shape index (κ1) is 14.8. The molecule has 8 nitrogen and oxygen atoms in total. The maximum atomic E-state index is 12.4. The average molecular weight is 331 g/mol. The monoisotopic (exact) mass is 331 g/mol. The molecule has 0 saturated carbocycles. The lowest BCUT2D eigenvalue weighted by molar-refractivity contribution is 0.102. The van der Waals surface area contributed by atoms with Crippen LogP contribution >= 0.6 is 0 Å². The minimum absolute atomic E-state index is 0.329. The molecule has 8 heteroatoms. The van der Waals surface area contributed by atoms with Crippen molar-refractivity contribution < 1.29 is 4.79 Å². The van der Waals surface area contributed by atoms with E-state index >= 15 is 0 Å². The van der Waals surface area contributed by atoms with E-state index in [9.17, 15) is 4.79 Å². The fourth-order valence-electron chi connectivity index (χ4n) is 2.33. The van der Waals surface area contributed by atoms with Crippen molar-refractivity contribution in [1.82, 2.24) is 29.7 Å². The first-order chi connectivity index (χ1) is 12.3. The molecule has 1 aromatic carbocycles. The summed E-state index contributed by atoms with van der Waals surface area (Å²) in [4.78, 5) is 24.6. The summed E-state index contributed by atoms with van der Waals surface area (Å²) in [6.45, 7) is 0. The van der Waals surface area contributed by atoms with Gasteiger partial charge in [0.2, 0.25) is 0 Å². The van der Waals surface area contributed by atoms with Crippen molar-refractivity contribution >= 4 is 11.7 Å². The number of nitrogens with zero attached hydrogens (tertiary/aromatic N) is 5. The smallest absolute Gasteiger partial charge is 0.274 e. The highest BCUT2D eigenvalue weighted by Gasteiger charge is 2.12. The number of carbonyl (C=O) groups is 1. The summed E-state index contributed by atoms with van der Waals surface area (Å²) in [7, 11) is 0. The number of aromatic amines is 1. The SMILES string of the molecule is O=C(Nc1cc(-n2ccnc2)ncn1)c1cc(-c2ccccc2)n[nH]1. The predicted molar refractivity (Wildman–Crippen MR) is 91.1 cm³/mol. The second-order valence-electron chi connectivity index (χ2n) is 5.22. The van der Waals surface area contributed by atoms with Crippen molar-refractivity contribution in [1.29, 1.82) is 0 Å². The van der Waals surface area contributed by atoms with Crippen LogP contribution in [-0.4, -0.2) is 35.6 Å². The Bertz CT molecular complexity index is 993. The van der Waals surface area contributed by atoms with E-state index in [4.69, 9.17) is 0 Å². The van der Waals surface area contributed by atoms with Gasteiger partial charge < -0.3 is 5.32 Å². The van der Waals surface area contributed by atoms with Crippen molar-refractivity contribution in [3.63, 3.8) is 0 Å². The van der Waals surface area contributed by atoms with Gasteiger partial charge in [-0.1, -0.05) is 30.3 Å². The third-order valence-corrected chi connectivity index (χ3v) is 3.56. The number of benzene rings is 1. The van der Waals surface area contributed by atoms with Crippen LogP contribution in [0.15, 0.2) is 67.5 Å². The van der Waals surface area contributed by atoms with Crippen molar-refractivity contribution in [2.24, 2.45) is 0 Å². The Labute approximate surface area is 142 Å². The lowest BCUT2D eigenvalue weighted by Gasteiger charge is -2.05. The molecule has 2 N–H and O–H groups in total. The molecule has 4 rings (SSSR count). The van der Waals surface area contributed by atoms with E-state index in [0.29, 0.717) is 23.0 Å². The maximum Gasteiger partial charge on any atom is 0.274 e. The van der Waals surface area contributed by atoms with Gasteiger partial charge in [-0.05, 0) is 6.07 Å². The second kappa shape index (κ2) is 6.36. The highest BCUT2D eigenvalue weighted by atomic mass is 16.2. The number of aromatic nitrogens is 6. The van der Waals surface area contributed by atoms with Crippen LogP contribution in [0.25, 0.3) is 17.1 Å². The zero-order valence-corrected chi connectivity index (χ0v) is 13.0. The van der Waals surface area contributed by atoms with Crippen LogP contribution in [0.5, 0.6) is 0 Å². The summed E-state index contributed by atoms with van der Waals surface area (Å²) >= 11 is 0. The largest absolute Gasteiger partial charge is 0.305 e. The molecule has 0 bridgehead atoms. The quantitative estimate of drug-likeness (QED) is 0.597. The molecule has 3 aromatic heterocycles. The Kier molecular flexibility index (Phi) is 3.76. The van der Waals surface area contributed by atoms with Gasteiger partial charge in [0.1, 0.15) is 30.0 Å². The minimum atomic E-state index is -0.329. The number of hydrogen-bond donors (Lipinski definition) is 2. The Morgan fingerprint density at radius 3 is 2.80 bits per heavy atom. The molecule has 0 saturated heterocycles. The van der Waals surface area contributed by atoms with E-state index in [1.807, 2.05) is 30.3 Å². The number of amides is 1. The molecule has 3 heterocycles. The number of anilines is 1. The Morgan fingerprint density at radius 1 is 1.12 bits per heavy atom. The van der Waals surface area contributed by atoms with Gasteiger partial charge in [-0.2, -0.15) is 5.10 Å². The molecular weight excluding hydrogens is 318 g/mol. The van der Waals surface area contributed by atoms with Gasteiger partial charge in [0.15, 0.2) is 0 Å². The number of hydrogen-bond acceptors (Lipinski definition) is 5. The van der Waals surface area contributed by atoms with Crippen LogP contribution in [0, 0.1) is 0 Å². The maximum absolute atomic E-state index is 12.4. The molecular formula is C17H13N7O. The van der Waals surface area contributed by atoms with Crippen LogP contribution in [0.4, 0.5) is 5.82 Å². The lowest BCUT2D eigenvalue weighted by atomic mass is 10.1. The zero-order valence-electron chi connectivity index (χ0n) is 13.0. The molecule has 1 amide bonds. The first-order valence-electron chi connectivity index (χ1n) is 7.52. The fourth-order valence-corrected chi connectivity index (χ4v) is 2.33. The Hall–Kier alpha value is -3.81. The van der Waals surface area contributed by atoms with E-state index in [0.717, 1.165) is 5.56 Å². The predicted octanol–water partition coefficient (Wildman–Crippen LogP) is 2.30. The van der Waals surface area contributed by atoms with Gasteiger partial charge >= 0.3 is 0 Å². The van der Waals surface area contributed by atoms with Gasteiger partial charge in [0.05, 0.1) is 5.69 Å². The number of rotatable bonds is 4. The third kappa shape index (κ3) is 3.13. The summed E-state index contributed by atoms with van der Waals surface area (Å²) < 4.78 is 1.72. The lowest BCUT2D eigenvalue weighted by Crippen LogP contribution is -2.14. The third-order valence-electron chi connectivity index (χ3n) is 3.56. The molecule has 0 radical (unpaired) electrons. The van der Waals surface area contributed by atoms with Crippen molar-refractivity contribution in [2.45, 2.75) is 0 Å². The van der Waals surface area contributed by atoms with Crippen molar-refractivity contribution in [3.05, 3.63) is 73.2 Å². The van der Waals surface area contributed by atoms with Crippen LogP contribution < -0.4 is 5.32 Å². The van der Waals surface area contributed by atoms with E-state index in [2.05, 4.69) is 30.5 Å². The number of nitrogens with one attached hydrogen (secondary N) is 2. The van der Waals surface area contributed by atoms with E-state index < -0.39 is 0 Å². The second-order valence-corrected chi connectivity index (χ2v) is 5.22. The van der Waals surface area contributed by atoms with Crippen LogP contribution in [0.3, 0.4) is 0 Å². The van der Waals surface area contributed by atoms with Crippen LogP contribution in [0.1, 0.15) is 10.5 Å². The zero-order chi connectivity index (χ0) is 17.1. The topological polar surface area (TPSA) is 101 Å². The van der Waals surface area contributed by atoms with Gasteiger partial charge in [0, 0.05) is 24.0 Å². The summed E-state index contributed by atoms with van der Waals surface area (Å²) in [6, 6.07) is 13.0. The molecule has 4 aromatic rings. The fraction of sp³-hybridized carbons (Fsp3) is 0. The van der Waals surface area contributed by atoms with Crippen LogP contribution in [0.2, 0.25) is 0 Å². The summed E-state index contributed by atoms with van der Waals surface area (Å²) in [5, 5.41) is 9.65. The molecule has 0 spiro atoms. The standard InChI is InChI=1S/C17H13N7O/c25-17(14-8-13(22-23-14)12-4-2-1-3-5-12)21-15-9-16(20-10-19-15)24-7-6-18-11-24/h1-11H,(H,22,23)(H,19,20,21,25). The Balaban J connectivity index is 1.53. The Morgan fingerprint density at radius 2 is 2.00 bits per heavy atom. The molecule has 0 fully saturated rings. The van der Waals surface area contributed by atoms with Gasteiger partial charge in [0.25, 0.3) is 5.91 Å². The number of carbonyl (C=O) groups excluding carboxylic acids is 1. The molecule has 0 aliphatic rings.